The first-order valence-electron chi connectivity index (χ1n) is 8.95. The first-order chi connectivity index (χ1) is 13.1. The van der Waals surface area contributed by atoms with E-state index in [1.54, 1.807) is 9.47 Å². The third kappa shape index (κ3) is 4.75. The molecule has 7 nitrogen and oxygen atoms in total. The normalized spacial score (nSPS) is 14.2. The molecule has 1 aromatic carbocycles. The number of ether oxygens (including phenoxy) is 2. The van der Waals surface area contributed by atoms with Crippen LogP contribution in [-0.2, 0) is 29.3 Å². The van der Waals surface area contributed by atoms with Crippen LogP contribution in [0.25, 0.3) is 0 Å². The summed E-state index contributed by atoms with van der Waals surface area (Å²) >= 11 is 0. The number of hydrogen-bond donors (Lipinski definition) is 1. The van der Waals surface area contributed by atoms with Crippen LogP contribution in [0.2, 0.25) is 0 Å². The van der Waals surface area contributed by atoms with E-state index >= 15 is 0 Å². The molecule has 1 fully saturated rings. The van der Waals surface area contributed by atoms with Gasteiger partial charge in [-0.05, 0) is 18.1 Å². The first kappa shape index (κ1) is 19.1. The van der Waals surface area contributed by atoms with Crippen LogP contribution >= 0.6 is 0 Å². The maximum Gasteiger partial charge on any atom is 0.242 e. The Bertz CT molecular complexity index is 856. The summed E-state index contributed by atoms with van der Waals surface area (Å²) in [7, 11) is 0. The molecule has 2 aromatic rings. The van der Waals surface area contributed by atoms with E-state index in [-0.39, 0.29) is 36.8 Å². The maximum absolute atomic E-state index is 12.5. The van der Waals surface area contributed by atoms with Gasteiger partial charge in [0.1, 0.15) is 13.2 Å². The van der Waals surface area contributed by atoms with E-state index in [0.717, 1.165) is 11.1 Å². The molecule has 0 atom stereocenters. The minimum absolute atomic E-state index is 0.0386. The predicted molar refractivity (Wildman–Crippen MR) is 99.5 cm³/mol. The number of carbonyl (C=O) groups is 1. The second-order valence-electron chi connectivity index (χ2n) is 6.49. The number of rotatable bonds is 6. The fourth-order valence-corrected chi connectivity index (χ4v) is 2.97. The topological polar surface area (TPSA) is 81.0 Å². The molecular weight excluding hydrogens is 348 g/mol. The van der Waals surface area contributed by atoms with Crippen LogP contribution in [0, 0.1) is 6.92 Å². The van der Waals surface area contributed by atoms with E-state index < -0.39 is 0 Å². The van der Waals surface area contributed by atoms with Gasteiger partial charge >= 0.3 is 0 Å². The van der Waals surface area contributed by atoms with E-state index in [2.05, 4.69) is 0 Å². The molecular formula is C20H24N2O5. The van der Waals surface area contributed by atoms with Gasteiger partial charge in [-0.2, -0.15) is 0 Å². The summed E-state index contributed by atoms with van der Waals surface area (Å²) in [5.74, 6) is 0.0757. The zero-order valence-electron chi connectivity index (χ0n) is 15.4. The molecule has 1 aromatic heterocycles. The maximum atomic E-state index is 12.5. The molecule has 0 radical (unpaired) electrons. The zero-order chi connectivity index (χ0) is 19.2. The van der Waals surface area contributed by atoms with Crippen LogP contribution in [0.4, 0.5) is 0 Å². The summed E-state index contributed by atoms with van der Waals surface area (Å²) in [5.41, 5.74) is 2.12. The molecule has 144 valence electrons. The fourth-order valence-electron chi connectivity index (χ4n) is 2.97. The highest BCUT2D eigenvalue weighted by Gasteiger charge is 2.18. The fraction of sp³-hybridized carbons (Fsp3) is 0.400. The lowest BCUT2D eigenvalue weighted by atomic mass is 10.1. The Morgan fingerprint density at radius 1 is 1.26 bits per heavy atom. The molecule has 2 heterocycles. The van der Waals surface area contributed by atoms with Crippen molar-refractivity contribution >= 4 is 5.91 Å². The number of hydrogen-bond acceptors (Lipinski definition) is 5. The Balaban J connectivity index is 1.77. The van der Waals surface area contributed by atoms with E-state index in [9.17, 15) is 14.7 Å². The van der Waals surface area contributed by atoms with Crippen molar-refractivity contribution in [3.8, 4) is 5.75 Å². The average Bonchev–Trinajstić information content (AvgIpc) is 2.69. The molecule has 1 N–H and O–H groups in total. The van der Waals surface area contributed by atoms with Crippen LogP contribution < -0.4 is 10.2 Å². The van der Waals surface area contributed by atoms with Gasteiger partial charge in [0.2, 0.25) is 11.3 Å². The Morgan fingerprint density at radius 2 is 2.00 bits per heavy atom. The summed E-state index contributed by atoms with van der Waals surface area (Å²) in [6.07, 6.45) is 1.50. The molecule has 7 heteroatoms. The Hall–Kier alpha value is -2.64. The summed E-state index contributed by atoms with van der Waals surface area (Å²) in [5, 5.41) is 9.56. The number of aliphatic hydroxyl groups is 1. The van der Waals surface area contributed by atoms with Crippen molar-refractivity contribution in [3.05, 3.63) is 63.6 Å². The molecule has 3 rings (SSSR count). The number of nitrogens with zero attached hydrogens (tertiary/aromatic N) is 2. The van der Waals surface area contributed by atoms with Crippen molar-refractivity contribution in [3.63, 3.8) is 0 Å². The van der Waals surface area contributed by atoms with Gasteiger partial charge in [0, 0.05) is 24.8 Å². The summed E-state index contributed by atoms with van der Waals surface area (Å²) in [6, 6.07) is 9.10. The first-order valence-corrected chi connectivity index (χ1v) is 8.95. The van der Waals surface area contributed by atoms with Crippen LogP contribution in [-0.4, -0.2) is 46.8 Å². The number of aromatic nitrogens is 1. The van der Waals surface area contributed by atoms with Gasteiger partial charge in [-0.25, -0.2) is 0 Å². The monoisotopic (exact) mass is 372 g/mol. The molecule has 0 unspecified atom stereocenters. The molecule has 1 aliphatic heterocycles. The molecule has 0 spiro atoms. The zero-order valence-corrected chi connectivity index (χ0v) is 15.4. The number of pyridine rings is 1. The van der Waals surface area contributed by atoms with Gasteiger partial charge in [0.15, 0.2) is 5.75 Å². The van der Waals surface area contributed by atoms with Gasteiger partial charge < -0.3 is 24.0 Å². The number of morpholine rings is 1. The van der Waals surface area contributed by atoms with E-state index in [0.29, 0.717) is 32.0 Å². The van der Waals surface area contributed by atoms with Gasteiger partial charge in [-0.1, -0.05) is 24.3 Å². The van der Waals surface area contributed by atoms with Gasteiger partial charge in [0.25, 0.3) is 0 Å². The molecule has 0 saturated carbocycles. The third-order valence-corrected chi connectivity index (χ3v) is 4.66. The van der Waals surface area contributed by atoms with Crippen molar-refractivity contribution in [2.45, 2.75) is 26.7 Å². The minimum atomic E-state index is -0.330. The predicted octanol–water partition coefficient (Wildman–Crippen LogP) is 1.09. The van der Waals surface area contributed by atoms with Crippen molar-refractivity contribution < 1.29 is 19.4 Å². The van der Waals surface area contributed by atoms with E-state index in [4.69, 9.17) is 9.47 Å². The summed E-state index contributed by atoms with van der Waals surface area (Å²) in [4.78, 5) is 26.5. The number of aryl methyl sites for hydroxylation is 1. The van der Waals surface area contributed by atoms with Gasteiger partial charge in [-0.15, -0.1) is 0 Å². The van der Waals surface area contributed by atoms with Crippen LogP contribution in [0.3, 0.4) is 0 Å². The van der Waals surface area contributed by atoms with Crippen molar-refractivity contribution in [1.82, 2.24) is 9.47 Å². The highest BCUT2D eigenvalue weighted by molar-refractivity contribution is 5.76. The van der Waals surface area contributed by atoms with Crippen molar-refractivity contribution in [1.29, 1.82) is 0 Å². The standard InChI is InChI=1S/C20H24N2O5/c1-15-4-2-3-5-16(15)14-27-19-11-22(17(13-23)10-18(19)24)12-20(25)21-6-8-26-9-7-21/h2-5,10-11,23H,6-9,12-14H2,1H3. The minimum Gasteiger partial charge on any atom is -0.483 e. The number of amides is 1. The lowest BCUT2D eigenvalue weighted by molar-refractivity contribution is -0.135. The summed E-state index contributed by atoms with van der Waals surface area (Å²) in [6.45, 7) is 4.08. The number of carbonyl (C=O) groups excluding carboxylic acids is 1. The van der Waals surface area contributed by atoms with Crippen LogP contribution in [0.5, 0.6) is 5.75 Å². The third-order valence-electron chi connectivity index (χ3n) is 4.66. The average molecular weight is 372 g/mol. The molecule has 0 bridgehead atoms. The lowest BCUT2D eigenvalue weighted by Crippen LogP contribution is -2.42. The van der Waals surface area contributed by atoms with E-state index in [1.165, 1.54) is 12.3 Å². The second kappa shape index (κ2) is 8.83. The smallest absolute Gasteiger partial charge is 0.242 e. The SMILES string of the molecule is Cc1ccccc1COc1cn(CC(=O)N2CCOCC2)c(CO)cc1=O. The molecule has 1 amide bonds. The molecule has 1 saturated heterocycles. The highest BCUT2D eigenvalue weighted by Crippen LogP contribution is 2.13. The largest absolute Gasteiger partial charge is 0.483 e. The molecule has 0 aliphatic carbocycles. The van der Waals surface area contributed by atoms with Crippen molar-refractivity contribution in [2.24, 2.45) is 0 Å². The number of benzene rings is 1. The van der Waals surface area contributed by atoms with Gasteiger partial charge in [-0.3, -0.25) is 9.59 Å². The quantitative estimate of drug-likeness (QED) is 0.821. The lowest BCUT2D eigenvalue weighted by Gasteiger charge is -2.27. The summed E-state index contributed by atoms with van der Waals surface area (Å²) < 4.78 is 12.5. The van der Waals surface area contributed by atoms with Crippen LogP contribution in [0.1, 0.15) is 16.8 Å². The molecule has 1 aliphatic rings. The highest BCUT2D eigenvalue weighted by atomic mass is 16.5. The molecule has 27 heavy (non-hydrogen) atoms. The number of aliphatic hydroxyl groups excluding tert-OH is 1. The van der Waals surface area contributed by atoms with Gasteiger partial charge in [0.05, 0.1) is 26.0 Å². The second-order valence-corrected chi connectivity index (χ2v) is 6.49. The Morgan fingerprint density at radius 3 is 2.70 bits per heavy atom. The Labute approximate surface area is 157 Å². The van der Waals surface area contributed by atoms with Crippen LogP contribution in [0.15, 0.2) is 41.3 Å². The van der Waals surface area contributed by atoms with E-state index in [1.807, 2.05) is 31.2 Å². The Kier molecular flexibility index (Phi) is 6.26. The van der Waals surface area contributed by atoms with Crippen molar-refractivity contribution in [2.75, 3.05) is 26.3 Å².